The zero-order valence-electron chi connectivity index (χ0n) is 9.97. The lowest BCUT2D eigenvalue weighted by molar-refractivity contribution is 0.216. The molecule has 0 spiro atoms. The standard InChI is InChI=1S/C14H15N3O/c15-17-14(13-7-3-9-18-13)11-4-1-6-12-10(11)5-2-8-16-12/h1-2,4-8,14,17H,3,9,15H2. The third kappa shape index (κ3) is 1.85. The maximum atomic E-state index is 5.68. The Kier molecular flexibility index (Phi) is 2.96. The predicted octanol–water partition coefficient (Wildman–Crippen LogP) is 2.04. The summed E-state index contributed by atoms with van der Waals surface area (Å²) in [6.07, 6.45) is 4.82. The average Bonchev–Trinajstić information content (AvgIpc) is 2.94. The van der Waals surface area contributed by atoms with Gasteiger partial charge in [0.05, 0.1) is 12.1 Å². The second kappa shape index (κ2) is 4.76. The molecule has 2 heterocycles. The fourth-order valence-electron chi connectivity index (χ4n) is 2.34. The van der Waals surface area contributed by atoms with E-state index < -0.39 is 0 Å². The van der Waals surface area contributed by atoms with Crippen LogP contribution in [0.3, 0.4) is 0 Å². The van der Waals surface area contributed by atoms with Crippen LogP contribution in [0.15, 0.2) is 48.4 Å². The molecule has 1 aromatic carbocycles. The number of fused-ring (bicyclic) bond motifs is 1. The molecule has 0 bridgehead atoms. The van der Waals surface area contributed by atoms with Crippen LogP contribution in [0.5, 0.6) is 0 Å². The van der Waals surface area contributed by atoms with Gasteiger partial charge in [0.1, 0.15) is 11.8 Å². The summed E-state index contributed by atoms with van der Waals surface area (Å²) in [5.74, 6) is 6.58. The van der Waals surface area contributed by atoms with Gasteiger partial charge in [-0.05, 0) is 23.8 Å². The minimum absolute atomic E-state index is 0.111. The lowest BCUT2D eigenvalue weighted by Crippen LogP contribution is -2.29. The van der Waals surface area contributed by atoms with Crippen molar-refractivity contribution in [2.75, 3.05) is 6.61 Å². The van der Waals surface area contributed by atoms with Crippen LogP contribution in [-0.2, 0) is 4.74 Å². The SMILES string of the molecule is NNC(C1=CCCO1)c1cccc2ncccc12. The maximum Gasteiger partial charge on any atom is 0.115 e. The van der Waals surface area contributed by atoms with E-state index in [1.54, 1.807) is 6.20 Å². The molecule has 92 valence electrons. The van der Waals surface area contributed by atoms with E-state index in [0.29, 0.717) is 0 Å². The molecule has 0 amide bonds. The first-order chi connectivity index (χ1) is 8.90. The number of nitrogens with one attached hydrogen (secondary N) is 1. The summed E-state index contributed by atoms with van der Waals surface area (Å²) in [4.78, 5) is 4.36. The van der Waals surface area contributed by atoms with Crippen molar-refractivity contribution in [1.82, 2.24) is 10.4 Å². The van der Waals surface area contributed by atoms with Crippen molar-refractivity contribution in [1.29, 1.82) is 0 Å². The van der Waals surface area contributed by atoms with Gasteiger partial charge in [0.2, 0.25) is 0 Å². The first kappa shape index (κ1) is 11.2. The number of hydrogen-bond donors (Lipinski definition) is 2. The number of nitrogens with two attached hydrogens (primary N) is 1. The molecule has 0 radical (unpaired) electrons. The van der Waals surface area contributed by atoms with Gasteiger partial charge in [-0.2, -0.15) is 0 Å². The van der Waals surface area contributed by atoms with Crippen LogP contribution >= 0.6 is 0 Å². The molecule has 1 atom stereocenters. The summed E-state index contributed by atoms with van der Waals surface area (Å²) < 4.78 is 5.61. The fraction of sp³-hybridized carbons (Fsp3) is 0.214. The van der Waals surface area contributed by atoms with E-state index in [4.69, 9.17) is 10.6 Å². The zero-order valence-corrected chi connectivity index (χ0v) is 9.97. The van der Waals surface area contributed by atoms with Crippen molar-refractivity contribution >= 4 is 10.9 Å². The Balaban J connectivity index is 2.12. The Morgan fingerprint density at radius 1 is 1.28 bits per heavy atom. The number of benzene rings is 1. The Bertz CT molecular complexity index is 589. The number of aromatic nitrogens is 1. The van der Waals surface area contributed by atoms with E-state index in [2.05, 4.69) is 28.6 Å². The van der Waals surface area contributed by atoms with Crippen molar-refractivity contribution < 1.29 is 4.74 Å². The lowest BCUT2D eigenvalue weighted by atomic mass is 10.00. The molecule has 4 nitrogen and oxygen atoms in total. The van der Waals surface area contributed by atoms with Crippen molar-refractivity contribution in [2.45, 2.75) is 12.5 Å². The smallest absolute Gasteiger partial charge is 0.115 e. The van der Waals surface area contributed by atoms with E-state index in [9.17, 15) is 0 Å². The van der Waals surface area contributed by atoms with Gasteiger partial charge in [-0.25, -0.2) is 5.43 Å². The van der Waals surface area contributed by atoms with Gasteiger partial charge in [0.15, 0.2) is 0 Å². The number of ether oxygens (including phenoxy) is 1. The number of pyridine rings is 1. The molecule has 4 heteroatoms. The summed E-state index contributed by atoms with van der Waals surface area (Å²) in [6.45, 7) is 0.733. The first-order valence-electron chi connectivity index (χ1n) is 6.03. The highest BCUT2D eigenvalue weighted by atomic mass is 16.5. The minimum Gasteiger partial charge on any atom is -0.496 e. The van der Waals surface area contributed by atoms with Crippen molar-refractivity contribution in [2.24, 2.45) is 5.84 Å². The van der Waals surface area contributed by atoms with E-state index in [0.717, 1.165) is 35.3 Å². The highest BCUT2D eigenvalue weighted by Crippen LogP contribution is 2.30. The highest BCUT2D eigenvalue weighted by molar-refractivity contribution is 5.82. The number of hydrogen-bond acceptors (Lipinski definition) is 4. The van der Waals surface area contributed by atoms with Gasteiger partial charge in [0, 0.05) is 18.0 Å². The minimum atomic E-state index is -0.111. The van der Waals surface area contributed by atoms with Crippen molar-refractivity contribution in [3.8, 4) is 0 Å². The maximum absolute atomic E-state index is 5.68. The Labute approximate surface area is 105 Å². The number of nitrogens with zero attached hydrogens (tertiary/aromatic N) is 1. The van der Waals surface area contributed by atoms with Crippen LogP contribution in [0, 0.1) is 0 Å². The summed E-state index contributed by atoms with van der Waals surface area (Å²) >= 11 is 0. The molecule has 3 rings (SSSR count). The van der Waals surface area contributed by atoms with Gasteiger partial charge < -0.3 is 4.74 Å². The van der Waals surface area contributed by atoms with Crippen LogP contribution in [0.25, 0.3) is 10.9 Å². The molecular formula is C14H15N3O. The normalized spacial score (nSPS) is 16.4. The third-order valence-electron chi connectivity index (χ3n) is 3.17. The third-order valence-corrected chi connectivity index (χ3v) is 3.17. The second-order valence-corrected chi connectivity index (χ2v) is 4.26. The molecule has 1 aliphatic heterocycles. The molecule has 1 aliphatic rings. The summed E-state index contributed by atoms with van der Waals surface area (Å²) in [5.41, 5.74) is 4.89. The molecule has 1 unspecified atom stereocenters. The van der Waals surface area contributed by atoms with Crippen LogP contribution in [0.1, 0.15) is 18.0 Å². The quantitative estimate of drug-likeness (QED) is 0.637. The Hall–Kier alpha value is -1.91. The Morgan fingerprint density at radius 2 is 2.22 bits per heavy atom. The van der Waals surface area contributed by atoms with Gasteiger partial charge in [-0.3, -0.25) is 10.8 Å². The lowest BCUT2D eigenvalue weighted by Gasteiger charge is -2.19. The fourth-order valence-corrected chi connectivity index (χ4v) is 2.34. The van der Waals surface area contributed by atoms with Crippen molar-refractivity contribution in [3.05, 3.63) is 53.9 Å². The van der Waals surface area contributed by atoms with Crippen LogP contribution in [-0.4, -0.2) is 11.6 Å². The molecule has 0 aliphatic carbocycles. The van der Waals surface area contributed by atoms with Crippen LogP contribution in [0.4, 0.5) is 0 Å². The topological polar surface area (TPSA) is 60.2 Å². The van der Waals surface area contributed by atoms with Gasteiger partial charge in [-0.1, -0.05) is 18.2 Å². The largest absolute Gasteiger partial charge is 0.496 e. The summed E-state index contributed by atoms with van der Waals surface area (Å²) in [5, 5.41) is 1.10. The highest BCUT2D eigenvalue weighted by Gasteiger charge is 2.21. The number of rotatable bonds is 3. The molecular weight excluding hydrogens is 226 g/mol. The molecule has 1 aromatic heterocycles. The van der Waals surface area contributed by atoms with E-state index >= 15 is 0 Å². The van der Waals surface area contributed by atoms with E-state index in [1.165, 1.54) is 0 Å². The Morgan fingerprint density at radius 3 is 3.00 bits per heavy atom. The average molecular weight is 241 g/mol. The zero-order chi connectivity index (χ0) is 12.4. The first-order valence-corrected chi connectivity index (χ1v) is 6.03. The number of hydrazine groups is 1. The van der Waals surface area contributed by atoms with E-state index in [1.807, 2.05) is 18.2 Å². The molecule has 0 saturated carbocycles. The summed E-state index contributed by atoms with van der Waals surface area (Å²) in [6, 6.07) is 9.92. The molecule has 3 N–H and O–H groups in total. The monoisotopic (exact) mass is 241 g/mol. The van der Waals surface area contributed by atoms with Gasteiger partial charge in [-0.15, -0.1) is 0 Å². The predicted molar refractivity (Wildman–Crippen MR) is 70.5 cm³/mol. The molecule has 18 heavy (non-hydrogen) atoms. The molecule has 0 fully saturated rings. The van der Waals surface area contributed by atoms with Gasteiger partial charge in [0.25, 0.3) is 0 Å². The van der Waals surface area contributed by atoms with Crippen LogP contribution in [0.2, 0.25) is 0 Å². The summed E-state index contributed by atoms with van der Waals surface area (Å²) in [7, 11) is 0. The van der Waals surface area contributed by atoms with E-state index in [-0.39, 0.29) is 6.04 Å². The molecule has 2 aromatic rings. The van der Waals surface area contributed by atoms with Gasteiger partial charge >= 0.3 is 0 Å². The van der Waals surface area contributed by atoms with Crippen molar-refractivity contribution in [3.63, 3.8) is 0 Å². The second-order valence-electron chi connectivity index (χ2n) is 4.26. The molecule has 0 saturated heterocycles. The van der Waals surface area contributed by atoms with Crippen LogP contribution < -0.4 is 11.3 Å².